The molecule has 37 heavy (non-hydrogen) atoms. The standard InChI is InChI=1S/C27H40ClN5O4/c1-26(2,3)22(37-25(29)36)23(34)33-11-8-27(9-12-33)18-20(30-24(27)35)7-10-31-13-15-32(16-14-31)21-6-4-5-19(28)17-21/h4-6,17,20,22H,7-16,18H2,1-3H3,(H2,29,36)(H,30,35)/t20?,22-/m0/s1. The number of likely N-dealkylation sites (tertiary alicyclic amines) is 1. The molecule has 1 unspecified atom stereocenters. The maximum atomic E-state index is 13.1. The minimum Gasteiger partial charge on any atom is -0.436 e. The average molecular weight is 534 g/mol. The largest absolute Gasteiger partial charge is 0.436 e. The molecule has 0 radical (unpaired) electrons. The van der Waals surface area contributed by atoms with Gasteiger partial charge in [0.1, 0.15) is 0 Å². The number of nitrogens with zero attached hydrogens (tertiary/aromatic N) is 3. The number of carbonyl (C=O) groups excluding carboxylic acids is 3. The Morgan fingerprint density at radius 1 is 1.16 bits per heavy atom. The molecule has 3 fully saturated rings. The van der Waals surface area contributed by atoms with Crippen molar-refractivity contribution in [1.82, 2.24) is 15.1 Å². The number of piperidine rings is 1. The van der Waals surface area contributed by atoms with E-state index in [0.717, 1.165) is 56.3 Å². The molecule has 1 spiro atoms. The molecular formula is C27H40ClN5O4. The van der Waals surface area contributed by atoms with Crippen LogP contribution in [-0.2, 0) is 14.3 Å². The molecule has 3 heterocycles. The maximum absolute atomic E-state index is 13.1. The number of anilines is 1. The molecule has 0 bridgehead atoms. The highest BCUT2D eigenvalue weighted by atomic mass is 35.5. The Morgan fingerprint density at radius 3 is 2.43 bits per heavy atom. The number of piperazine rings is 1. The van der Waals surface area contributed by atoms with Crippen LogP contribution in [0.5, 0.6) is 0 Å². The van der Waals surface area contributed by atoms with E-state index in [1.165, 1.54) is 0 Å². The van der Waals surface area contributed by atoms with E-state index in [4.69, 9.17) is 22.1 Å². The van der Waals surface area contributed by atoms with Gasteiger partial charge in [-0.05, 0) is 43.9 Å². The number of halogens is 1. The molecule has 3 aliphatic heterocycles. The number of carbonyl (C=O) groups is 3. The van der Waals surface area contributed by atoms with Crippen molar-refractivity contribution < 1.29 is 19.1 Å². The zero-order chi connectivity index (χ0) is 26.8. The normalized spacial score (nSPS) is 23.1. The highest BCUT2D eigenvalue weighted by molar-refractivity contribution is 6.30. The minimum absolute atomic E-state index is 0.108. The number of amides is 3. The first-order valence-corrected chi connectivity index (χ1v) is 13.6. The number of ether oxygens (including phenoxy) is 1. The van der Waals surface area contributed by atoms with Gasteiger partial charge in [-0.3, -0.25) is 14.5 Å². The van der Waals surface area contributed by atoms with Crippen LogP contribution in [0.4, 0.5) is 10.5 Å². The number of primary amides is 1. The first-order chi connectivity index (χ1) is 17.5. The number of hydrogen-bond acceptors (Lipinski definition) is 6. The second kappa shape index (κ2) is 11.1. The number of rotatable bonds is 6. The third-order valence-electron chi connectivity index (χ3n) is 8.07. The van der Waals surface area contributed by atoms with Gasteiger partial charge in [0.15, 0.2) is 6.10 Å². The zero-order valence-electron chi connectivity index (χ0n) is 22.2. The fourth-order valence-electron chi connectivity index (χ4n) is 5.83. The molecule has 1 aromatic rings. The lowest BCUT2D eigenvalue weighted by atomic mass is 9.75. The Kier molecular flexibility index (Phi) is 8.23. The number of benzene rings is 1. The van der Waals surface area contributed by atoms with Gasteiger partial charge in [0, 0.05) is 68.0 Å². The molecule has 1 aromatic carbocycles. The Bertz CT molecular complexity index is 997. The van der Waals surface area contributed by atoms with Gasteiger partial charge in [-0.15, -0.1) is 0 Å². The van der Waals surface area contributed by atoms with E-state index in [2.05, 4.69) is 21.2 Å². The highest BCUT2D eigenvalue weighted by Crippen LogP contribution is 2.41. The molecule has 10 heteroatoms. The third kappa shape index (κ3) is 6.49. The molecular weight excluding hydrogens is 494 g/mol. The smallest absolute Gasteiger partial charge is 0.405 e. The van der Waals surface area contributed by atoms with E-state index in [1.807, 2.05) is 39.0 Å². The van der Waals surface area contributed by atoms with Crippen LogP contribution >= 0.6 is 11.6 Å². The molecule has 0 saturated carbocycles. The van der Waals surface area contributed by atoms with Crippen molar-refractivity contribution in [3.05, 3.63) is 29.3 Å². The van der Waals surface area contributed by atoms with Crippen molar-refractivity contribution in [2.45, 2.75) is 58.6 Å². The topological polar surface area (TPSA) is 108 Å². The Morgan fingerprint density at radius 2 is 1.84 bits per heavy atom. The first kappa shape index (κ1) is 27.5. The van der Waals surface area contributed by atoms with Gasteiger partial charge >= 0.3 is 6.09 Å². The van der Waals surface area contributed by atoms with Gasteiger partial charge < -0.3 is 25.6 Å². The van der Waals surface area contributed by atoms with Crippen molar-refractivity contribution in [2.24, 2.45) is 16.6 Å². The lowest BCUT2D eigenvalue weighted by molar-refractivity contribution is -0.150. The molecule has 0 aliphatic carbocycles. The molecule has 3 saturated heterocycles. The Hall–Kier alpha value is -2.52. The summed E-state index contributed by atoms with van der Waals surface area (Å²) >= 11 is 6.15. The fraction of sp³-hybridized carbons (Fsp3) is 0.667. The predicted octanol–water partition coefficient (Wildman–Crippen LogP) is 2.86. The second-order valence-corrected chi connectivity index (χ2v) is 12.2. The van der Waals surface area contributed by atoms with Crippen molar-refractivity contribution in [1.29, 1.82) is 0 Å². The average Bonchev–Trinajstić information content (AvgIpc) is 3.15. The van der Waals surface area contributed by atoms with E-state index in [-0.39, 0.29) is 17.9 Å². The second-order valence-electron chi connectivity index (χ2n) is 11.8. The summed E-state index contributed by atoms with van der Waals surface area (Å²) in [5.41, 5.74) is 5.38. The lowest BCUT2D eigenvalue weighted by Crippen LogP contribution is -2.53. The van der Waals surface area contributed by atoms with E-state index in [1.54, 1.807) is 4.90 Å². The van der Waals surface area contributed by atoms with Crippen molar-refractivity contribution in [2.75, 3.05) is 50.7 Å². The van der Waals surface area contributed by atoms with E-state index in [0.29, 0.717) is 25.9 Å². The quantitative estimate of drug-likeness (QED) is 0.582. The van der Waals surface area contributed by atoms with Gasteiger partial charge in [-0.1, -0.05) is 38.4 Å². The molecule has 0 aromatic heterocycles. The number of hydrogen-bond donors (Lipinski definition) is 2. The summed E-state index contributed by atoms with van der Waals surface area (Å²) in [7, 11) is 0. The minimum atomic E-state index is -0.953. The van der Waals surface area contributed by atoms with Gasteiger partial charge in [0.25, 0.3) is 5.91 Å². The molecule has 3 amide bonds. The molecule has 3 N–H and O–H groups in total. The molecule has 2 atom stereocenters. The maximum Gasteiger partial charge on any atom is 0.405 e. The molecule has 204 valence electrons. The summed E-state index contributed by atoms with van der Waals surface area (Å²) in [6.45, 7) is 11.3. The summed E-state index contributed by atoms with van der Waals surface area (Å²) in [5, 5.41) is 3.99. The van der Waals surface area contributed by atoms with Gasteiger partial charge in [0.2, 0.25) is 5.91 Å². The summed E-state index contributed by atoms with van der Waals surface area (Å²) in [6.07, 6.45) is 1.07. The summed E-state index contributed by atoms with van der Waals surface area (Å²) < 4.78 is 5.17. The van der Waals surface area contributed by atoms with Crippen LogP contribution < -0.4 is 16.0 Å². The zero-order valence-corrected chi connectivity index (χ0v) is 22.9. The number of nitrogens with one attached hydrogen (secondary N) is 1. The fourth-order valence-corrected chi connectivity index (χ4v) is 6.02. The molecule has 9 nitrogen and oxygen atoms in total. The Balaban J connectivity index is 1.24. The van der Waals surface area contributed by atoms with Crippen molar-refractivity contribution in [3.63, 3.8) is 0 Å². The number of nitrogens with two attached hydrogens (primary N) is 1. The monoisotopic (exact) mass is 533 g/mol. The van der Waals surface area contributed by atoms with Crippen LogP contribution in [0, 0.1) is 10.8 Å². The van der Waals surface area contributed by atoms with Crippen LogP contribution in [0.1, 0.15) is 46.5 Å². The summed E-state index contributed by atoms with van der Waals surface area (Å²) in [5.74, 6) is -0.135. The summed E-state index contributed by atoms with van der Waals surface area (Å²) in [4.78, 5) is 44.0. The van der Waals surface area contributed by atoms with Gasteiger partial charge in [0.05, 0.1) is 5.41 Å². The van der Waals surface area contributed by atoms with Crippen molar-refractivity contribution in [3.8, 4) is 0 Å². The third-order valence-corrected chi connectivity index (χ3v) is 8.31. The molecule has 3 aliphatic rings. The van der Waals surface area contributed by atoms with E-state index >= 15 is 0 Å². The SMILES string of the molecule is CC(C)(C)[C@@H](OC(N)=O)C(=O)N1CCC2(CC1)CC(CCN1CCN(c3cccc(Cl)c3)CC1)NC2=O. The van der Waals surface area contributed by atoms with Crippen LogP contribution in [0.15, 0.2) is 24.3 Å². The predicted molar refractivity (Wildman–Crippen MR) is 143 cm³/mol. The van der Waals surface area contributed by atoms with Gasteiger partial charge in [-0.2, -0.15) is 0 Å². The molecule has 4 rings (SSSR count). The van der Waals surface area contributed by atoms with Gasteiger partial charge in [-0.25, -0.2) is 4.79 Å². The van der Waals surface area contributed by atoms with Crippen LogP contribution in [0.2, 0.25) is 5.02 Å². The van der Waals surface area contributed by atoms with Crippen LogP contribution in [0.3, 0.4) is 0 Å². The highest BCUT2D eigenvalue weighted by Gasteiger charge is 2.49. The first-order valence-electron chi connectivity index (χ1n) is 13.3. The lowest BCUT2D eigenvalue weighted by Gasteiger charge is -2.40. The van der Waals surface area contributed by atoms with E-state index in [9.17, 15) is 14.4 Å². The van der Waals surface area contributed by atoms with Crippen LogP contribution in [-0.4, -0.2) is 85.7 Å². The van der Waals surface area contributed by atoms with Crippen LogP contribution in [0.25, 0.3) is 0 Å². The summed E-state index contributed by atoms with van der Waals surface area (Å²) in [6, 6.07) is 8.15. The Labute approximate surface area is 224 Å². The van der Waals surface area contributed by atoms with Crippen molar-refractivity contribution >= 4 is 35.2 Å². The van der Waals surface area contributed by atoms with E-state index < -0.39 is 23.0 Å².